The van der Waals surface area contributed by atoms with E-state index in [4.69, 9.17) is 9.47 Å². The smallest absolute Gasteiger partial charge is 0.275 e. The van der Waals surface area contributed by atoms with Crippen LogP contribution in [-0.4, -0.2) is 26.3 Å². The summed E-state index contributed by atoms with van der Waals surface area (Å²) in [6.07, 6.45) is 1.58. The highest BCUT2D eigenvalue weighted by atomic mass is 79.9. The van der Waals surface area contributed by atoms with Gasteiger partial charge in [-0.15, -0.1) is 0 Å². The highest BCUT2D eigenvalue weighted by Crippen LogP contribution is 2.24. The molecule has 0 saturated carbocycles. The zero-order valence-electron chi connectivity index (χ0n) is 13.1. The Bertz CT molecular complexity index is 745. The molecular formula is C17H17BrN2O3. The first-order chi connectivity index (χ1) is 11.0. The second-order valence-corrected chi connectivity index (χ2v) is 5.63. The fourth-order valence-electron chi connectivity index (χ4n) is 1.90. The number of methoxy groups -OCH3 is 2. The first-order valence-electron chi connectivity index (χ1n) is 6.86. The van der Waals surface area contributed by atoms with Gasteiger partial charge in [0.25, 0.3) is 5.91 Å². The Labute approximate surface area is 143 Å². The van der Waals surface area contributed by atoms with Crippen molar-refractivity contribution in [2.24, 2.45) is 5.10 Å². The van der Waals surface area contributed by atoms with Gasteiger partial charge in [0.2, 0.25) is 0 Å². The van der Waals surface area contributed by atoms with Gasteiger partial charge in [-0.2, -0.15) is 5.10 Å². The highest BCUT2D eigenvalue weighted by molar-refractivity contribution is 9.10. The van der Waals surface area contributed by atoms with Crippen molar-refractivity contribution in [3.8, 4) is 11.5 Å². The SMILES string of the molecule is COc1ccc(C(=O)NN=Cc2ccc(C)c(Br)c2)c(OC)c1. The standard InChI is InChI=1S/C17H17BrN2O3/c1-11-4-5-12(8-15(11)18)10-19-20-17(21)14-7-6-13(22-2)9-16(14)23-3/h4-10H,1-3H3,(H,20,21). The van der Waals surface area contributed by atoms with E-state index in [1.165, 1.54) is 7.11 Å². The van der Waals surface area contributed by atoms with Crippen molar-refractivity contribution in [3.63, 3.8) is 0 Å². The molecule has 0 unspecified atom stereocenters. The Hall–Kier alpha value is -2.34. The number of aryl methyl sites for hydroxylation is 1. The van der Waals surface area contributed by atoms with E-state index < -0.39 is 0 Å². The van der Waals surface area contributed by atoms with E-state index in [0.29, 0.717) is 17.1 Å². The summed E-state index contributed by atoms with van der Waals surface area (Å²) in [7, 11) is 3.05. The maximum Gasteiger partial charge on any atom is 0.275 e. The zero-order valence-corrected chi connectivity index (χ0v) is 14.7. The van der Waals surface area contributed by atoms with Crippen LogP contribution in [0.5, 0.6) is 11.5 Å². The predicted molar refractivity (Wildman–Crippen MR) is 93.5 cm³/mol. The second kappa shape index (κ2) is 7.78. The molecule has 1 N–H and O–H groups in total. The van der Waals surface area contributed by atoms with Crippen LogP contribution in [0.1, 0.15) is 21.5 Å². The number of benzene rings is 2. The van der Waals surface area contributed by atoms with E-state index in [9.17, 15) is 4.79 Å². The molecule has 0 heterocycles. The van der Waals surface area contributed by atoms with Crippen molar-refractivity contribution in [2.45, 2.75) is 6.92 Å². The number of nitrogens with one attached hydrogen (secondary N) is 1. The molecule has 0 aromatic heterocycles. The van der Waals surface area contributed by atoms with Crippen LogP contribution in [0.15, 0.2) is 46.0 Å². The van der Waals surface area contributed by atoms with Gasteiger partial charge in [0.15, 0.2) is 0 Å². The number of nitrogens with zero attached hydrogens (tertiary/aromatic N) is 1. The van der Waals surface area contributed by atoms with Gasteiger partial charge in [-0.25, -0.2) is 5.43 Å². The number of hydrogen-bond donors (Lipinski definition) is 1. The van der Waals surface area contributed by atoms with E-state index in [2.05, 4.69) is 26.5 Å². The molecule has 0 aliphatic rings. The van der Waals surface area contributed by atoms with Crippen LogP contribution < -0.4 is 14.9 Å². The molecule has 0 bridgehead atoms. The molecular weight excluding hydrogens is 360 g/mol. The number of carbonyl (C=O) groups excluding carboxylic acids is 1. The van der Waals surface area contributed by atoms with E-state index >= 15 is 0 Å². The average molecular weight is 377 g/mol. The minimum Gasteiger partial charge on any atom is -0.497 e. The lowest BCUT2D eigenvalue weighted by atomic mass is 10.2. The molecule has 0 spiro atoms. The number of hydrazone groups is 1. The molecule has 0 aliphatic carbocycles. The topological polar surface area (TPSA) is 59.9 Å². The Morgan fingerprint density at radius 3 is 2.61 bits per heavy atom. The van der Waals surface area contributed by atoms with E-state index in [1.54, 1.807) is 31.5 Å². The fraction of sp³-hybridized carbons (Fsp3) is 0.176. The molecule has 2 aromatic carbocycles. The summed E-state index contributed by atoms with van der Waals surface area (Å²) in [6.45, 7) is 2.00. The van der Waals surface area contributed by atoms with Crippen molar-refractivity contribution in [3.05, 3.63) is 57.6 Å². The van der Waals surface area contributed by atoms with Gasteiger partial charge in [0, 0.05) is 10.5 Å². The number of amides is 1. The van der Waals surface area contributed by atoms with Crippen molar-refractivity contribution < 1.29 is 14.3 Å². The largest absolute Gasteiger partial charge is 0.497 e. The minimum atomic E-state index is -0.355. The lowest BCUT2D eigenvalue weighted by molar-refractivity contribution is 0.0952. The molecule has 5 nitrogen and oxygen atoms in total. The van der Waals surface area contributed by atoms with Crippen LogP contribution in [0.2, 0.25) is 0 Å². The Kier molecular flexibility index (Phi) is 5.76. The summed E-state index contributed by atoms with van der Waals surface area (Å²) >= 11 is 3.46. The summed E-state index contributed by atoms with van der Waals surface area (Å²) in [6, 6.07) is 10.8. The summed E-state index contributed by atoms with van der Waals surface area (Å²) < 4.78 is 11.3. The molecule has 120 valence electrons. The third-order valence-corrected chi connectivity index (χ3v) is 4.08. The van der Waals surface area contributed by atoms with Crippen LogP contribution >= 0.6 is 15.9 Å². The maximum atomic E-state index is 12.2. The second-order valence-electron chi connectivity index (χ2n) is 4.77. The Morgan fingerprint density at radius 1 is 1.17 bits per heavy atom. The minimum absolute atomic E-state index is 0.355. The predicted octanol–water partition coefficient (Wildman–Crippen LogP) is 3.54. The lowest BCUT2D eigenvalue weighted by Crippen LogP contribution is -2.18. The van der Waals surface area contributed by atoms with Crippen molar-refractivity contribution in [2.75, 3.05) is 14.2 Å². The summed E-state index contributed by atoms with van der Waals surface area (Å²) in [5.41, 5.74) is 4.89. The lowest BCUT2D eigenvalue weighted by Gasteiger charge is -2.08. The molecule has 0 aliphatic heterocycles. The quantitative estimate of drug-likeness (QED) is 0.641. The first-order valence-corrected chi connectivity index (χ1v) is 7.66. The van der Waals surface area contributed by atoms with Gasteiger partial charge in [0.05, 0.1) is 26.0 Å². The fourth-order valence-corrected chi connectivity index (χ4v) is 2.30. The number of carbonyl (C=O) groups is 1. The van der Waals surface area contributed by atoms with Crippen LogP contribution in [0.4, 0.5) is 0 Å². The number of hydrogen-bond acceptors (Lipinski definition) is 4. The molecule has 2 aromatic rings. The Morgan fingerprint density at radius 2 is 1.96 bits per heavy atom. The summed E-state index contributed by atoms with van der Waals surface area (Å²) in [5, 5.41) is 3.97. The van der Waals surface area contributed by atoms with Crippen molar-refractivity contribution in [1.82, 2.24) is 5.43 Å². The molecule has 6 heteroatoms. The van der Waals surface area contributed by atoms with Gasteiger partial charge in [-0.1, -0.05) is 28.1 Å². The zero-order chi connectivity index (χ0) is 16.8. The molecule has 0 fully saturated rings. The van der Waals surface area contributed by atoms with Crippen molar-refractivity contribution >= 4 is 28.1 Å². The molecule has 23 heavy (non-hydrogen) atoms. The maximum absolute atomic E-state index is 12.2. The van der Waals surface area contributed by atoms with E-state index in [1.807, 2.05) is 25.1 Å². The average Bonchev–Trinajstić information content (AvgIpc) is 2.57. The number of rotatable bonds is 5. The van der Waals surface area contributed by atoms with Gasteiger partial charge < -0.3 is 9.47 Å². The van der Waals surface area contributed by atoms with Gasteiger partial charge in [-0.3, -0.25) is 4.79 Å². The highest BCUT2D eigenvalue weighted by Gasteiger charge is 2.12. The van der Waals surface area contributed by atoms with Crippen LogP contribution in [0.3, 0.4) is 0 Å². The summed E-state index contributed by atoms with van der Waals surface area (Å²) in [5.74, 6) is 0.688. The normalized spacial score (nSPS) is 10.6. The number of halogens is 1. The Balaban J connectivity index is 2.10. The third-order valence-electron chi connectivity index (χ3n) is 3.23. The van der Waals surface area contributed by atoms with Crippen LogP contribution in [0, 0.1) is 6.92 Å². The van der Waals surface area contributed by atoms with Crippen LogP contribution in [0.25, 0.3) is 0 Å². The van der Waals surface area contributed by atoms with Gasteiger partial charge in [0.1, 0.15) is 11.5 Å². The molecule has 2 rings (SSSR count). The van der Waals surface area contributed by atoms with E-state index in [0.717, 1.165) is 15.6 Å². The van der Waals surface area contributed by atoms with Crippen molar-refractivity contribution in [1.29, 1.82) is 0 Å². The molecule has 1 amide bonds. The molecule has 0 saturated heterocycles. The van der Waals surface area contributed by atoms with Gasteiger partial charge in [-0.05, 0) is 36.2 Å². The van der Waals surface area contributed by atoms with Crippen LogP contribution in [-0.2, 0) is 0 Å². The molecule has 0 radical (unpaired) electrons. The monoisotopic (exact) mass is 376 g/mol. The first kappa shape index (κ1) is 17.0. The third kappa shape index (κ3) is 4.32. The van der Waals surface area contributed by atoms with Gasteiger partial charge >= 0.3 is 0 Å². The number of ether oxygens (including phenoxy) is 2. The van der Waals surface area contributed by atoms with E-state index in [-0.39, 0.29) is 5.91 Å². The summed E-state index contributed by atoms with van der Waals surface area (Å²) in [4.78, 5) is 12.2. The molecule has 0 atom stereocenters.